The number of carboxylic acids is 1. The van der Waals surface area contributed by atoms with Crippen LogP contribution in [0.15, 0.2) is 18.2 Å². The van der Waals surface area contributed by atoms with E-state index in [-0.39, 0.29) is 6.54 Å². The number of hydrogen-bond acceptors (Lipinski definition) is 2. The summed E-state index contributed by atoms with van der Waals surface area (Å²) < 4.78 is 2.34. The van der Waals surface area contributed by atoms with Gasteiger partial charge in [-0.25, -0.2) is 0 Å². The lowest BCUT2D eigenvalue weighted by molar-refractivity contribution is -0.138. The fraction of sp³-hybridized carbons (Fsp3) is 0.400. The molecule has 0 amide bonds. The van der Waals surface area contributed by atoms with Gasteiger partial charge in [0.1, 0.15) is 0 Å². The van der Waals surface area contributed by atoms with Gasteiger partial charge < -0.3 is 9.67 Å². The fourth-order valence-corrected chi connectivity index (χ4v) is 3.13. The number of rotatable bonds is 2. The number of benzene rings is 1. The van der Waals surface area contributed by atoms with Crippen molar-refractivity contribution in [1.82, 2.24) is 9.47 Å². The van der Waals surface area contributed by atoms with Gasteiger partial charge in [-0.2, -0.15) is 0 Å². The summed E-state index contributed by atoms with van der Waals surface area (Å²) in [6.07, 6.45) is 0. The van der Waals surface area contributed by atoms with Crippen molar-refractivity contribution >= 4 is 16.9 Å². The van der Waals surface area contributed by atoms with Crippen molar-refractivity contribution in [3.8, 4) is 0 Å². The molecule has 4 nitrogen and oxygen atoms in total. The Morgan fingerprint density at radius 2 is 2.05 bits per heavy atom. The molecular weight excluding hydrogens is 240 g/mol. The standard InChI is InChI=1S/C15H18N2O2/c1-10-5-11(2)15-12(6-10)7-13-8-16(9-14(18)19)3-4-17(13)15/h5-7H,3-4,8-9H2,1-2H3,(H,18,19). The minimum atomic E-state index is -0.753. The monoisotopic (exact) mass is 258 g/mol. The molecule has 1 aliphatic heterocycles. The number of nitrogens with zero attached hydrogens (tertiary/aromatic N) is 2. The Labute approximate surface area is 112 Å². The van der Waals surface area contributed by atoms with Crippen molar-refractivity contribution in [2.24, 2.45) is 0 Å². The highest BCUT2D eigenvalue weighted by atomic mass is 16.4. The molecule has 3 rings (SSSR count). The fourth-order valence-electron chi connectivity index (χ4n) is 3.13. The number of carboxylic acid groups (broad SMARTS) is 1. The van der Waals surface area contributed by atoms with Crippen LogP contribution in [0.1, 0.15) is 16.8 Å². The van der Waals surface area contributed by atoms with Crippen LogP contribution in [0.5, 0.6) is 0 Å². The largest absolute Gasteiger partial charge is 0.480 e. The van der Waals surface area contributed by atoms with Crippen LogP contribution in [0.25, 0.3) is 10.9 Å². The third-order valence-electron chi connectivity index (χ3n) is 3.80. The third kappa shape index (κ3) is 2.12. The summed E-state index contributed by atoms with van der Waals surface area (Å²) in [6, 6.07) is 6.61. The highest BCUT2D eigenvalue weighted by Crippen LogP contribution is 2.27. The summed E-state index contributed by atoms with van der Waals surface area (Å²) in [7, 11) is 0. The highest BCUT2D eigenvalue weighted by molar-refractivity contribution is 5.85. The van der Waals surface area contributed by atoms with Gasteiger partial charge in [0.25, 0.3) is 0 Å². The van der Waals surface area contributed by atoms with Gasteiger partial charge in [-0.1, -0.05) is 11.6 Å². The summed E-state index contributed by atoms with van der Waals surface area (Å²) in [6.45, 7) is 6.78. The highest BCUT2D eigenvalue weighted by Gasteiger charge is 2.20. The molecule has 1 aromatic carbocycles. The number of aliphatic carboxylic acids is 1. The Morgan fingerprint density at radius 1 is 1.26 bits per heavy atom. The summed E-state index contributed by atoms with van der Waals surface area (Å²) in [5.41, 5.74) is 5.09. The Hall–Kier alpha value is -1.81. The van der Waals surface area contributed by atoms with Crippen molar-refractivity contribution in [3.63, 3.8) is 0 Å². The molecule has 0 fully saturated rings. The maximum atomic E-state index is 10.8. The zero-order valence-corrected chi connectivity index (χ0v) is 11.3. The van der Waals surface area contributed by atoms with Crippen LogP contribution < -0.4 is 0 Å². The molecule has 100 valence electrons. The predicted octanol–water partition coefficient (Wildman–Crippen LogP) is 2.16. The van der Waals surface area contributed by atoms with E-state index in [2.05, 4.69) is 36.6 Å². The maximum Gasteiger partial charge on any atom is 0.317 e. The molecule has 1 aliphatic rings. The second kappa shape index (κ2) is 4.38. The van der Waals surface area contributed by atoms with Gasteiger partial charge in [0.2, 0.25) is 0 Å². The SMILES string of the molecule is Cc1cc(C)c2c(c1)cc1n2CCN(CC(=O)O)C1. The van der Waals surface area contributed by atoms with Crippen molar-refractivity contribution < 1.29 is 9.90 Å². The maximum absolute atomic E-state index is 10.8. The van der Waals surface area contributed by atoms with Crippen LogP contribution >= 0.6 is 0 Å². The Bertz CT molecular complexity index is 658. The lowest BCUT2D eigenvalue weighted by atomic mass is 10.1. The van der Waals surface area contributed by atoms with Crippen molar-refractivity contribution in [2.45, 2.75) is 26.9 Å². The van der Waals surface area contributed by atoms with Gasteiger partial charge in [-0.05, 0) is 31.5 Å². The predicted molar refractivity (Wildman–Crippen MR) is 74.3 cm³/mol. The Kier molecular flexibility index (Phi) is 2.82. The summed E-state index contributed by atoms with van der Waals surface area (Å²) in [5.74, 6) is -0.753. The first kappa shape index (κ1) is 12.2. The van der Waals surface area contributed by atoms with Crippen molar-refractivity contribution in [2.75, 3.05) is 13.1 Å². The quantitative estimate of drug-likeness (QED) is 0.897. The van der Waals surface area contributed by atoms with Crippen molar-refractivity contribution in [3.05, 3.63) is 35.0 Å². The molecule has 2 aromatic rings. The van der Waals surface area contributed by atoms with Gasteiger partial charge in [0.15, 0.2) is 0 Å². The molecule has 19 heavy (non-hydrogen) atoms. The van der Waals surface area contributed by atoms with Gasteiger partial charge in [-0.15, -0.1) is 0 Å². The molecule has 0 saturated heterocycles. The lowest BCUT2D eigenvalue weighted by Crippen LogP contribution is -2.36. The molecular formula is C15H18N2O2. The molecule has 0 bridgehead atoms. The first-order chi connectivity index (χ1) is 9.04. The minimum absolute atomic E-state index is 0.125. The van der Waals surface area contributed by atoms with E-state index >= 15 is 0 Å². The number of aryl methyl sites for hydroxylation is 2. The van der Waals surface area contributed by atoms with Crippen LogP contribution in [0.2, 0.25) is 0 Å². The molecule has 1 N–H and O–H groups in total. The lowest BCUT2D eigenvalue weighted by Gasteiger charge is -2.27. The van der Waals surface area contributed by atoms with E-state index in [1.165, 1.54) is 27.7 Å². The van der Waals surface area contributed by atoms with Crippen LogP contribution in [0.4, 0.5) is 0 Å². The average Bonchev–Trinajstić information content (AvgIpc) is 2.64. The van der Waals surface area contributed by atoms with Gasteiger partial charge in [0.05, 0.1) is 12.1 Å². The van der Waals surface area contributed by atoms with E-state index in [9.17, 15) is 4.79 Å². The first-order valence-corrected chi connectivity index (χ1v) is 6.58. The number of hydrogen-bond donors (Lipinski definition) is 1. The minimum Gasteiger partial charge on any atom is -0.480 e. The second-order valence-electron chi connectivity index (χ2n) is 5.41. The molecule has 1 aromatic heterocycles. The Balaban J connectivity index is 2.03. The summed E-state index contributed by atoms with van der Waals surface area (Å²) >= 11 is 0. The number of aromatic nitrogens is 1. The van der Waals surface area contributed by atoms with Crippen LogP contribution in [0.3, 0.4) is 0 Å². The normalized spacial score (nSPS) is 15.7. The molecule has 0 atom stereocenters. The summed E-state index contributed by atoms with van der Waals surface area (Å²) in [5, 5.41) is 10.2. The van der Waals surface area contributed by atoms with Crippen LogP contribution in [-0.2, 0) is 17.9 Å². The van der Waals surface area contributed by atoms with E-state index in [4.69, 9.17) is 5.11 Å². The molecule has 4 heteroatoms. The number of fused-ring (bicyclic) bond motifs is 3. The van der Waals surface area contributed by atoms with E-state index in [1.54, 1.807) is 0 Å². The zero-order valence-electron chi connectivity index (χ0n) is 11.3. The third-order valence-corrected chi connectivity index (χ3v) is 3.80. The van der Waals surface area contributed by atoms with E-state index in [0.717, 1.165) is 19.6 Å². The van der Waals surface area contributed by atoms with Gasteiger partial charge in [0, 0.05) is 30.7 Å². The average molecular weight is 258 g/mol. The molecule has 0 radical (unpaired) electrons. The Morgan fingerprint density at radius 3 is 2.79 bits per heavy atom. The smallest absolute Gasteiger partial charge is 0.317 e. The van der Waals surface area contributed by atoms with Crippen LogP contribution in [0, 0.1) is 13.8 Å². The summed E-state index contributed by atoms with van der Waals surface area (Å²) in [4.78, 5) is 12.8. The molecule has 0 saturated carbocycles. The van der Waals surface area contributed by atoms with Crippen molar-refractivity contribution in [1.29, 1.82) is 0 Å². The molecule has 0 spiro atoms. The zero-order chi connectivity index (χ0) is 13.6. The van der Waals surface area contributed by atoms with E-state index < -0.39 is 5.97 Å². The van der Waals surface area contributed by atoms with E-state index in [0.29, 0.717) is 0 Å². The topological polar surface area (TPSA) is 45.5 Å². The van der Waals surface area contributed by atoms with Gasteiger partial charge in [-0.3, -0.25) is 9.69 Å². The van der Waals surface area contributed by atoms with Gasteiger partial charge >= 0.3 is 5.97 Å². The first-order valence-electron chi connectivity index (χ1n) is 6.58. The van der Waals surface area contributed by atoms with E-state index in [1.807, 2.05) is 4.90 Å². The molecule has 0 aliphatic carbocycles. The van der Waals surface area contributed by atoms with Crippen LogP contribution in [-0.4, -0.2) is 33.6 Å². The molecule has 0 unspecified atom stereocenters. The number of carbonyl (C=O) groups is 1. The molecule has 2 heterocycles. The second-order valence-corrected chi connectivity index (χ2v) is 5.41.